The van der Waals surface area contributed by atoms with Crippen LogP contribution in [0.15, 0.2) is 61.2 Å². The van der Waals surface area contributed by atoms with E-state index in [0.29, 0.717) is 0 Å². The second-order valence-electron chi connectivity index (χ2n) is 7.44. The van der Waals surface area contributed by atoms with Crippen LogP contribution < -0.4 is 15.0 Å². The van der Waals surface area contributed by atoms with Gasteiger partial charge in [-0.3, -0.25) is 0 Å². The van der Waals surface area contributed by atoms with Crippen molar-refractivity contribution in [1.29, 1.82) is 0 Å². The average molecular weight is 410 g/mol. The summed E-state index contributed by atoms with van der Waals surface area (Å²) in [6.07, 6.45) is 5.11. The number of unbranched alkanes of at least 4 members (excludes halogenated alkanes) is 1. The molecule has 2 aromatic carbocycles. The van der Waals surface area contributed by atoms with Crippen molar-refractivity contribution < 1.29 is 4.74 Å². The number of nitrogens with one attached hydrogen (secondary N) is 1. The molecular weight excluding hydrogens is 378 g/mol. The first-order valence-electron chi connectivity index (χ1n) is 10.3. The van der Waals surface area contributed by atoms with Crippen LogP contribution in [0.3, 0.4) is 0 Å². The molecule has 2 aromatic rings. The predicted octanol–water partition coefficient (Wildman–Crippen LogP) is 4.40. The van der Waals surface area contributed by atoms with Crippen molar-refractivity contribution in [3.63, 3.8) is 0 Å². The van der Waals surface area contributed by atoms with Crippen LogP contribution in [0.4, 0.5) is 5.69 Å². The molecule has 0 aliphatic carbocycles. The van der Waals surface area contributed by atoms with Gasteiger partial charge in [-0.2, -0.15) is 0 Å². The maximum Gasteiger partial charge on any atom is 0.173 e. The Morgan fingerprint density at radius 1 is 1.24 bits per heavy atom. The summed E-state index contributed by atoms with van der Waals surface area (Å²) in [7, 11) is 2.12. The zero-order valence-electron chi connectivity index (χ0n) is 17.3. The van der Waals surface area contributed by atoms with Crippen molar-refractivity contribution in [2.45, 2.75) is 25.8 Å². The Kier molecular flexibility index (Phi) is 8.08. The molecule has 0 spiro atoms. The van der Waals surface area contributed by atoms with Crippen molar-refractivity contribution in [1.82, 2.24) is 10.2 Å². The molecule has 154 valence electrons. The standard InChI is InChI=1S/C24H31N3OS/c1-3-14-26(2)15-7-8-17-28-22-11-12-23-21(18-22)13-16-27(23)24(29)25-19-20-9-5-4-6-10-20/h3-6,9-12,18H,1,7-8,13-17,19H2,2H3,(H,25,29). The second kappa shape index (κ2) is 11.0. The number of rotatable bonds is 10. The summed E-state index contributed by atoms with van der Waals surface area (Å²) in [5.74, 6) is 0.952. The highest BCUT2D eigenvalue weighted by Crippen LogP contribution is 2.31. The van der Waals surface area contributed by atoms with Crippen LogP contribution in [0.25, 0.3) is 0 Å². The third kappa shape index (κ3) is 6.31. The van der Waals surface area contributed by atoms with Crippen LogP contribution in [0.5, 0.6) is 5.75 Å². The topological polar surface area (TPSA) is 27.7 Å². The van der Waals surface area contributed by atoms with E-state index in [4.69, 9.17) is 17.0 Å². The summed E-state index contributed by atoms with van der Waals surface area (Å²) in [6.45, 7) is 8.19. The molecule has 0 atom stereocenters. The summed E-state index contributed by atoms with van der Waals surface area (Å²) in [4.78, 5) is 4.46. The fourth-order valence-electron chi connectivity index (χ4n) is 3.53. The molecule has 29 heavy (non-hydrogen) atoms. The molecule has 0 unspecified atom stereocenters. The van der Waals surface area contributed by atoms with Gasteiger partial charge in [0.2, 0.25) is 0 Å². The molecule has 0 radical (unpaired) electrons. The molecule has 0 aromatic heterocycles. The largest absolute Gasteiger partial charge is 0.494 e. The number of anilines is 1. The Morgan fingerprint density at radius 2 is 2.07 bits per heavy atom. The Hall–Kier alpha value is -2.37. The molecule has 1 N–H and O–H groups in total. The predicted molar refractivity (Wildman–Crippen MR) is 126 cm³/mol. The Balaban J connectivity index is 1.45. The number of hydrogen-bond donors (Lipinski definition) is 1. The molecule has 0 amide bonds. The first-order chi connectivity index (χ1) is 14.2. The van der Waals surface area contributed by atoms with Gasteiger partial charge in [-0.1, -0.05) is 36.4 Å². The van der Waals surface area contributed by atoms with Crippen molar-refractivity contribution in [3.05, 3.63) is 72.3 Å². The molecule has 3 rings (SSSR count). The highest BCUT2D eigenvalue weighted by molar-refractivity contribution is 7.80. The summed E-state index contributed by atoms with van der Waals surface area (Å²) in [6, 6.07) is 16.7. The highest BCUT2D eigenvalue weighted by atomic mass is 32.1. The Labute approximate surface area is 180 Å². The Morgan fingerprint density at radius 3 is 2.86 bits per heavy atom. The molecule has 4 nitrogen and oxygen atoms in total. The Bertz CT molecular complexity index is 809. The lowest BCUT2D eigenvalue weighted by atomic mass is 10.1. The van der Waals surface area contributed by atoms with E-state index in [9.17, 15) is 0 Å². The van der Waals surface area contributed by atoms with Gasteiger partial charge in [0, 0.05) is 25.3 Å². The SMILES string of the molecule is C=CCN(C)CCCCOc1ccc2c(c1)CCN2C(=S)NCc1ccccc1. The van der Waals surface area contributed by atoms with Gasteiger partial charge < -0.3 is 19.9 Å². The van der Waals surface area contributed by atoms with E-state index in [1.54, 1.807) is 0 Å². The summed E-state index contributed by atoms with van der Waals surface area (Å²) >= 11 is 5.63. The minimum Gasteiger partial charge on any atom is -0.494 e. The van der Waals surface area contributed by atoms with Crippen molar-refractivity contribution in [3.8, 4) is 5.75 Å². The van der Waals surface area contributed by atoms with E-state index >= 15 is 0 Å². The molecule has 0 bridgehead atoms. The van der Waals surface area contributed by atoms with E-state index in [1.807, 2.05) is 24.3 Å². The lowest BCUT2D eigenvalue weighted by molar-refractivity contribution is 0.287. The monoisotopic (exact) mass is 409 g/mol. The van der Waals surface area contributed by atoms with Crippen LogP contribution in [0, 0.1) is 0 Å². The second-order valence-corrected chi connectivity index (χ2v) is 7.83. The van der Waals surface area contributed by atoms with Crippen LogP contribution in [-0.4, -0.2) is 43.3 Å². The van der Waals surface area contributed by atoms with Gasteiger partial charge in [0.25, 0.3) is 0 Å². The molecule has 1 aliphatic rings. The first kappa shape index (κ1) is 21.3. The van der Waals surface area contributed by atoms with E-state index in [0.717, 1.165) is 62.9 Å². The maximum absolute atomic E-state index is 5.97. The van der Waals surface area contributed by atoms with Gasteiger partial charge in [0.15, 0.2) is 5.11 Å². The zero-order valence-corrected chi connectivity index (χ0v) is 18.1. The van der Waals surface area contributed by atoms with Crippen LogP contribution in [0.1, 0.15) is 24.0 Å². The van der Waals surface area contributed by atoms with Gasteiger partial charge in [-0.15, -0.1) is 6.58 Å². The van der Waals surface area contributed by atoms with E-state index in [-0.39, 0.29) is 0 Å². The first-order valence-corrected chi connectivity index (χ1v) is 10.7. The van der Waals surface area contributed by atoms with Crippen molar-refractivity contribution >= 4 is 23.0 Å². The van der Waals surface area contributed by atoms with Crippen LogP contribution in [0.2, 0.25) is 0 Å². The lowest BCUT2D eigenvalue weighted by Crippen LogP contribution is -2.38. The van der Waals surface area contributed by atoms with Gasteiger partial charge in [-0.25, -0.2) is 0 Å². The van der Waals surface area contributed by atoms with Gasteiger partial charge in [0.1, 0.15) is 5.75 Å². The number of likely N-dealkylation sites (N-methyl/N-ethyl adjacent to an activating group) is 1. The third-order valence-corrected chi connectivity index (χ3v) is 5.49. The normalized spacial score (nSPS) is 12.7. The molecule has 0 fully saturated rings. The number of fused-ring (bicyclic) bond motifs is 1. The van der Waals surface area contributed by atoms with Crippen molar-refractivity contribution in [2.24, 2.45) is 0 Å². The number of thiocarbonyl (C=S) groups is 1. The molecule has 0 saturated carbocycles. The molecule has 1 heterocycles. The highest BCUT2D eigenvalue weighted by Gasteiger charge is 2.22. The van der Waals surface area contributed by atoms with Crippen LogP contribution in [-0.2, 0) is 13.0 Å². The molecule has 1 aliphatic heterocycles. The number of nitrogens with zero attached hydrogens (tertiary/aromatic N) is 2. The van der Waals surface area contributed by atoms with Crippen LogP contribution >= 0.6 is 12.2 Å². The lowest BCUT2D eigenvalue weighted by Gasteiger charge is -2.21. The van der Waals surface area contributed by atoms with E-state index in [2.05, 4.69) is 59.1 Å². The van der Waals surface area contributed by atoms with Gasteiger partial charge in [-0.05, 0) is 74.4 Å². The quantitative estimate of drug-likeness (QED) is 0.357. The van der Waals surface area contributed by atoms with Gasteiger partial charge in [0.05, 0.1) is 6.61 Å². The van der Waals surface area contributed by atoms with E-state index < -0.39 is 0 Å². The molecule has 0 saturated heterocycles. The fourth-order valence-corrected chi connectivity index (χ4v) is 3.80. The zero-order chi connectivity index (χ0) is 20.5. The number of ether oxygens (including phenoxy) is 1. The summed E-state index contributed by atoms with van der Waals surface area (Å²) in [5, 5.41) is 4.16. The van der Waals surface area contributed by atoms with E-state index in [1.165, 1.54) is 16.8 Å². The smallest absolute Gasteiger partial charge is 0.173 e. The molecule has 5 heteroatoms. The minimum atomic E-state index is 0.745. The summed E-state index contributed by atoms with van der Waals surface area (Å²) in [5.41, 5.74) is 3.72. The minimum absolute atomic E-state index is 0.745. The third-order valence-electron chi connectivity index (χ3n) is 5.12. The number of hydrogen-bond acceptors (Lipinski definition) is 3. The van der Waals surface area contributed by atoms with Crippen molar-refractivity contribution in [2.75, 3.05) is 38.2 Å². The maximum atomic E-state index is 5.97. The summed E-state index contributed by atoms with van der Waals surface area (Å²) < 4.78 is 5.97. The number of benzene rings is 2. The molecular formula is C24H31N3OS. The fraction of sp³-hybridized carbons (Fsp3) is 0.375. The average Bonchev–Trinajstić information content (AvgIpc) is 3.16. The van der Waals surface area contributed by atoms with Gasteiger partial charge >= 0.3 is 0 Å².